The predicted octanol–water partition coefficient (Wildman–Crippen LogP) is 1.77. The van der Waals surface area contributed by atoms with E-state index in [2.05, 4.69) is 10.2 Å². The van der Waals surface area contributed by atoms with Crippen LogP contribution in [0.3, 0.4) is 0 Å². The lowest BCUT2D eigenvalue weighted by Gasteiger charge is -2.20. The molecule has 5 heteroatoms. The maximum absolute atomic E-state index is 10.5. The van der Waals surface area contributed by atoms with Gasteiger partial charge in [0.05, 0.1) is 10.7 Å². The van der Waals surface area contributed by atoms with Crippen LogP contribution in [0.5, 0.6) is 0 Å². The molecule has 1 fully saturated rings. The summed E-state index contributed by atoms with van der Waals surface area (Å²) in [6.45, 7) is 1.49. The molecule has 14 heavy (non-hydrogen) atoms. The zero-order valence-corrected chi connectivity index (χ0v) is 8.38. The maximum atomic E-state index is 10.5. The summed E-state index contributed by atoms with van der Waals surface area (Å²) in [6.07, 6.45) is 2.53. The van der Waals surface area contributed by atoms with Crippen LogP contribution in [0, 0.1) is 0 Å². The molecule has 2 heterocycles. The summed E-state index contributed by atoms with van der Waals surface area (Å²) in [5.74, 6) is 0.345. The molecule has 1 saturated heterocycles. The second kappa shape index (κ2) is 4.11. The van der Waals surface area contributed by atoms with E-state index < -0.39 is 0 Å². The van der Waals surface area contributed by atoms with Crippen molar-refractivity contribution in [2.24, 2.45) is 0 Å². The summed E-state index contributed by atoms with van der Waals surface area (Å²) in [4.78, 5) is 10.5. The van der Waals surface area contributed by atoms with E-state index in [0.29, 0.717) is 22.9 Å². The number of hydrogen-bond donors (Lipinski definition) is 1. The number of carbonyl (C=O) groups is 1. The molecule has 76 valence electrons. The number of carbonyl (C=O) groups excluding carboxylic acids is 1. The van der Waals surface area contributed by atoms with Crippen LogP contribution >= 0.6 is 11.6 Å². The number of halogens is 1. The Hall–Kier alpha value is -0.870. The SMILES string of the molecule is O=Cc1n[nH]c(C2CCOCC2)c1Cl. The summed E-state index contributed by atoms with van der Waals surface area (Å²) >= 11 is 5.99. The van der Waals surface area contributed by atoms with Crippen molar-refractivity contribution < 1.29 is 9.53 Å². The highest BCUT2D eigenvalue weighted by Crippen LogP contribution is 2.31. The van der Waals surface area contributed by atoms with E-state index >= 15 is 0 Å². The largest absolute Gasteiger partial charge is 0.381 e. The molecule has 2 rings (SSSR count). The molecule has 0 atom stereocenters. The molecule has 1 N–H and O–H groups in total. The van der Waals surface area contributed by atoms with E-state index in [4.69, 9.17) is 16.3 Å². The first-order chi connectivity index (χ1) is 6.83. The van der Waals surface area contributed by atoms with Crippen LogP contribution in [-0.4, -0.2) is 29.7 Å². The number of aromatic amines is 1. The highest BCUT2D eigenvalue weighted by atomic mass is 35.5. The Labute approximate surface area is 86.6 Å². The molecule has 1 aromatic rings. The van der Waals surface area contributed by atoms with Gasteiger partial charge < -0.3 is 4.74 Å². The number of ether oxygens (including phenoxy) is 1. The lowest BCUT2D eigenvalue weighted by molar-refractivity contribution is 0.0845. The van der Waals surface area contributed by atoms with Gasteiger partial charge in [0.15, 0.2) is 6.29 Å². The molecule has 0 amide bonds. The standard InChI is InChI=1S/C9H11ClN2O2/c10-8-7(5-13)11-12-9(8)6-1-3-14-4-2-6/h5-6H,1-4H2,(H,11,12). The van der Waals surface area contributed by atoms with Gasteiger partial charge in [-0.2, -0.15) is 5.10 Å². The Kier molecular flexibility index (Phi) is 2.84. The number of hydrogen-bond acceptors (Lipinski definition) is 3. The fourth-order valence-corrected chi connectivity index (χ4v) is 1.97. The van der Waals surface area contributed by atoms with Crippen LogP contribution in [0.15, 0.2) is 0 Å². The van der Waals surface area contributed by atoms with Crippen molar-refractivity contribution in [3.8, 4) is 0 Å². The Bertz CT molecular complexity index is 332. The number of rotatable bonds is 2. The Morgan fingerprint density at radius 3 is 2.79 bits per heavy atom. The summed E-state index contributed by atoms with van der Waals surface area (Å²) in [5.41, 5.74) is 1.17. The average Bonchev–Trinajstić information content (AvgIpc) is 2.61. The minimum atomic E-state index is 0.299. The monoisotopic (exact) mass is 214 g/mol. The minimum absolute atomic E-state index is 0.299. The van der Waals surface area contributed by atoms with Gasteiger partial charge >= 0.3 is 0 Å². The lowest BCUT2D eigenvalue weighted by Crippen LogP contribution is -2.14. The van der Waals surface area contributed by atoms with Crippen molar-refractivity contribution in [3.63, 3.8) is 0 Å². The van der Waals surface area contributed by atoms with Gasteiger partial charge in [0.2, 0.25) is 0 Å². The molecule has 0 unspecified atom stereocenters. The van der Waals surface area contributed by atoms with Crippen molar-refractivity contribution in [3.05, 3.63) is 16.4 Å². The van der Waals surface area contributed by atoms with Gasteiger partial charge in [0.1, 0.15) is 5.69 Å². The van der Waals surface area contributed by atoms with E-state index in [1.165, 1.54) is 0 Å². The van der Waals surface area contributed by atoms with Gasteiger partial charge in [-0.25, -0.2) is 0 Å². The third kappa shape index (κ3) is 1.67. The molecule has 1 aliphatic rings. The van der Waals surface area contributed by atoms with E-state index in [0.717, 1.165) is 31.7 Å². The van der Waals surface area contributed by atoms with Gasteiger partial charge in [-0.3, -0.25) is 9.89 Å². The Morgan fingerprint density at radius 1 is 1.50 bits per heavy atom. The third-order valence-electron chi connectivity index (χ3n) is 2.50. The Balaban J connectivity index is 2.22. The molecule has 0 aromatic carbocycles. The number of nitrogens with zero attached hydrogens (tertiary/aromatic N) is 1. The normalized spacial score (nSPS) is 18.4. The highest BCUT2D eigenvalue weighted by Gasteiger charge is 2.22. The van der Waals surface area contributed by atoms with Gasteiger partial charge in [0, 0.05) is 19.1 Å². The van der Waals surface area contributed by atoms with Gasteiger partial charge in [-0.1, -0.05) is 11.6 Å². The van der Waals surface area contributed by atoms with Crippen molar-refractivity contribution in [2.75, 3.05) is 13.2 Å². The second-order valence-corrected chi connectivity index (χ2v) is 3.72. The molecular formula is C9H11ClN2O2. The molecule has 0 saturated carbocycles. The quantitative estimate of drug-likeness (QED) is 0.764. The number of H-pyrrole nitrogens is 1. The summed E-state index contributed by atoms with van der Waals surface area (Å²) in [5, 5.41) is 7.13. The summed E-state index contributed by atoms with van der Waals surface area (Å²) < 4.78 is 5.25. The number of nitrogens with one attached hydrogen (secondary N) is 1. The second-order valence-electron chi connectivity index (χ2n) is 3.34. The lowest BCUT2D eigenvalue weighted by atomic mass is 9.96. The fraction of sp³-hybridized carbons (Fsp3) is 0.556. The minimum Gasteiger partial charge on any atom is -0.381 e. The first-order valence-corrected chi connectivity index (χ1v) is 4.97. The molecule has 0 spiro atoms. The molecule has 0 radical (unpaired) electrons. The van der Waals surface area contributed by atoms with Gasteiger partial charge in [-0.05, 0) is 12.8 Å². The fourth-order valence-electron chi connectivity index (χ4n) is 1.69. The van der Waals surface area contributed by atoms with Crippen LogP contribution in [0.1, 0.15) is 34.9 Å². The first-order valence-electron chi connectivity index (χ1n) is 4.59. The maximum Gasteiger partial charge on any atom is 0.171 e. The van der Waals surface area contributed by atoms with E-state index in [1.54, 1.807) is 0 Å². The number of aromatic nitrogens is 2. The average molecular weight is 215 g/mol. The van der Waals surface area contributed by atoms with Gasteiger partial charge in [-0.15, -0.1) is 0 Å². The third-order valence-corrected chi connectivity index (χ3v) is 2.90. The summed E-state index contributed by atoms with van der Waals surface area (Å²) in [6, 6.07) is 0. The van der Waals surface area contributed by atoms with Crippen LogP contribution < -0.4 is 0 Å². The Morgan fingerprint density at radius 2 is 2.21 bits per heavy atom. The van der Waals surface area contributed by atoms with E-state index in [-0.39, 0.29) is 0 Å². The molecular weight excluding hydrogens is 204 g/mol. The first kappa shape index (κ1) is 9.68. The molecule has 4 nitrogen and oxygen atoms in total. The molecule has 0 bridgehead atoms. The number of aldehydes is 1. The zero-order chi connectivity index (χ0) is 9.97. The summed E-state index contributed by atoms with van der Waals surface area (Å²) in [7, 11) is 0. The molecule has 1 aromatic heterocycles. The molecule has 1 aliphatic heterocycles. The van der Waals surface area contributed by atoms with E-state index in [9.17, 15) is 4.79 Å². The van der Waals surface area contributed by atoms with Crippen LogP contribution in [0.4, 0.5) is 0 Å². The molecule has 0 aliphatic carbocycles. The van der Waals surface area contributed by atoms with Crippen molar-refractivity contribution in [1.29, 1.82) is 0 Å². The van der Waals surface area contributed by atoms with Crippen molar-refractivity contribution >= 4 is 17.9 Å². The smallest absolute Gasteiger partial charge is 0.171 e. The van der Waals surface area contributed by atoms with E-state index in [1.807, 2.05) is 0 Å². The topological polar surface area (TPSA) is 55.0 Å². The predicted molar refractivity (Wildman–Crippen MR) is 51.8 cm³/mol. The van der Waals surface area contributed by atoms with Crippen LogP contribution in [-0.2, 0) is 4.74 Å². The van der Waals surface area contributed by atoms with Gasteiger partial charge in [0.25, 0.3) is 0 Å². The van der Waals surface area contributed by atoms with Crippen LogP contribution in [0.2, 0.25) is 5.02 Å². The zero-order valence-electron chi connectivity index (χ0n) is 7.62. The van der Waals surface area contributed by atoms with Crippen LogP contribution in [0.25, 0.3) is 0 Å². The van der Waals surface area contributed by atoms with Crippen molar-refractivity contribution in [2.45, 2.75) is 18.8 Å². The van der Waals surface area contributed by atoms with Crippen molar-refractivity contribution in [1.82, 2.24) is 10.2 Å². The highest BCUT2D eigenvalue weighted by molar-refractivity contribution is 6.33.